The van der Waals surface area contributed by atoms with Gasteiger partial charge in [-0.25, -0.2) is 0 Å². The first-order valence-corrected chi connectivity index (χ1v) is 15.2. The van der Waals surface area contributed by atoms with Gasteiger partial charge in [0.05, 0.1) is 12.6 Å². The smallest absolute Gasteiger partial charge is 0.250 e. The molecule has 4 aromatic rings. The minimum absolute atomic E-state index is 0.0139. The maximum absolute atomic E-state index is 14.2. The van der Waals surface area contributed by atoms with Crippen LogP contribution in [0.15, 0.2) is 121 Å². The zero-order chi connectivity index (χ0) is 30.5. The lowest BCUT2D eigenvalue weighted by atomic mass is 9.83. The minimum Gasteiger partial charge on any atom is -0.342 e. The molecule has 0 N–H and O–H groups in total. The molecule has 44 heavy (non-hydrogen) atoms. The van der Waals surface area contributed by atoms with Crippen LogP contribution in [-0.2, 0) is 20.9 Å². The molecular formula is C37H38N4O3. The summed E-state index contributed by atoms with van der Waals surface area (Å²) < 4.78 is 0. The van der Waals surface area contributed by atoms with Gasteiger partial charge in [0.25, 0.3) is 5.91 Å². The number of piperidine rings is 1. The molecule has 3 amide bonds. The minimum atomic E-state index is -0.814. The van der Waals surface area contributed by atoms with Crippen LogP contribution in [0.25, 0.3) is 0 Å². The van der Waals surface area contributed by atoms with Crippen molar-refractivity contribution in [3.05, 3.63) is 138 Å². The second-order valence-corrected chi connectivity index (χ2v) is 11.8. The Morgan fingerprint density at radius 3 is 1.80 bits per heavy atom. The average molecular weight is 587 g/mol. The number of para-hydroxylation sites is 1. The van der Waals surface area contributed by atoms with E-state index in [0.717, 1.165) is 22.4 Å². The molecule has 0 aromatic heterocycles. The van der Waals surface area contributed by atoms with E-state index in [1.165, 1.54) is 0 Å². The zero-order valence-corrected chi connectivity index (χ0v) is 25.1. The van der Waals surface area contributed by atoms with Gasteiger partial charge in [-0.05, 0) is 41.7 Å². The van der Waals surface area contributed by atoms with Gasteiger partial charge >= 0.3 is 0 Å². The van der Waals surface area contributed by atoms with E-state index in [-0.39, 0.29) is 24.3 Å². The number of anilines is 1. The van der Waals surface area contributed by atoms with Gasteiger partial charge in [0.1, 0.15) is 12.1 Å². The standard InChI is InChI=1S/C37H38N4O3/c1-38(26-29-14-6-2-7-15-29)33(42)27-40-28-41(32-20-12-5-13-21-32)37(36(40)44)22-24-39(25-23-37)35(43)34(30-16-8-3-9-17-30)31-18-10-4-11-19-31/h2-21,34H,22-28H2,1H3. The second-order valence-electron chi connectivity index (χ2n) is 11.8. The molecule has 4 aromatic carbocycles. The number of hydrogen-bond acceptors (Lipinski definition) is 4. The van der Waals surface area contributed by atoms with Crippen LogP contribution in [0.4, 0.5) is 5.69 Å². The average Bonchev–Trinajstić information content (AvgIpc) is 3.33. The van der Waals surface area contributed by atoms with Crippen LogP contribution in [0.2, 0.25) is 0 Å². The third-order valence-electron chi connectivity index (χ3n) is 9.01. The molecule has 0 atom stereocenters. The molecule has 0 radical (unpaired) electrons. The van der Waals surface area contributed by atoms with E-state index in [1.54, 1.807) is 16.8 Å². The predicted molar refractivity (Wildman–Crippen MR) is 172 cm³/mol. The number of nitrogens with zero attached hydrogens (tertiary/aromatic N) is 4. The molecule has 7 heteroatoms. The SMILES string of the molecule is CN(Cc1ccccc1)C(=O)CN1CN(c2ccccc2)C2(CCN(C(=O)C(c3ccccc3)c3ccccc3)CC2)C1=O. The Morgan fingerprint density at radius 1 is 0.750 bits per heavy atom. The third-order valence-corrected chi connectivity index (χ3v) is 9.01. The first-order valence-electron chi connectivity index (χ1n) is 15.2. The summed E-state index contributed by atoms with van der Waals surface area (Å²) in [5.74, 6) is -0.514. The van der Waals surface area contributed by atoms with Crippen molar-refractivity contribution in [2.45, 2.75) is 30.8 Å². The van der Waals surface area contributed by atoms with Gasteiger partial charge in [-0.15, -0.1) is 0 Å². The van der Waals surface area contributed by atoms with Crippen LogP contribution in [0.3, 0.4) is 0 Å². The Balaban J connectivity index is 1.21. The van der Waals surface area contributed by atoms with Crippen LogP contribution in [0.5, 0.6) is 0 Å². The molecule has 224 valence electrons. The summed E-state index contributed by atoms with van der Waals surface area (Å²) in [6, 6.07) is 39.6. The van der Waals surface area contributed by atoms with Gasteiger partial charge < -0.3 is 19.6 Å². The number of likely N-dealkylation sites (N-methyl/N-ethyl adjacent to an activating group) is 1. The molecule has 2 saturated heterocycles. The van der Waals surface area contributed by atoms with Crippen molar-refractivity contribution in [3.8, 4) is 0 Å². The summed E-state index contributed by atoms with van der Waals surface area (Å²) in [5.41, 5.74) is 3.08. The molecule has 6 rings (SSSR count). The maximum Gasteiger partial charge on any atom is 0.250 e. The van der Waals surface area contributed by atoms with E-state index in [1.807, 2.05) is 126 Å². The van der Waals surface area contributed by atoms with E-state index in [9.17, 15) is 14.4 Å². The number of rotatable bonds is 8. The Labute approximate surface area is 259 Å². The van der Waals surface area contributed by atoms with E-state index in [4.69, 9.17) is 0 Å². The highest BCUT2D eigenvalue weighted by Gasteiger charge is 2.54. The molecule has 2 fully saturated rings. The van der Waals surface area contributed by atoms with Gasteiger partial charge in [-0.2, -0.15) is 0 Å². The van der Waals surface area contributed by atoms with Gasteiger partial charge in [0.15, 0.2) is 0 Å². The van der Waals surface area contributed by atoms with Crippen LogP contribution >= 0.6 is 0 Å². The molecule has 2 heterocycles. The van der Waals surface area contributed by atoms with E-state index in [2.05, 4.69) is 4.90 Å². The molecule has 2 aliphatic rings. The van der Waals surface area contributed by atoms with E-state index < -0.39 is 11.5 Å². The Morgan fingerprint density at radius 2 is 1.25 bits per heavy atom. The fraction of sp³-hybridized carbons (Fsp3) is 0.270. The topological polar surface area (TPSA) is 64.2 Å². The second kappa shape index (κ2) is 12.8. The van der Waals surface area contributed by atoms with Crippen molar-refractivity contribution in [3.63, 3.8) is 0 Å². The van der Waals surface area contributed by atoms with Gasteiger partial charge in [-0.1, -0.05) is 109 Å². The number of hydrogen-bond donors (Lipinski definition) is 0. The predicted octanol–water partition coefficient (Wildman–Crippen LogP) is 5.14. The molecule has 7 nitrogen and oxygen atoms in total. The summed E-state index contributed by atoms with van der Waals surface area (Å²) in [5, 5.41) is 0. The van der Waals surface area contributed by atoms with Crippen molar-refractivity contribution < 1.29 is 14.4 Å². The van der Waals surface area contributed by atoms with E-state index in [0.29, 0.717) is 39.1 Å². The van der Waals surface area contributed by atoms with Crippen LogP contribution in [-0.4, -0.2) is 71.3 Å². The van der Waals surface area contributed by atoms with Crippen molar-refractivity contribution in [1.29, 1.82) is 0 Å². The van der Waals surface area contributed by atoms with Crippen molar-refractivity contribution >= 4 is 23.4 Å². The first-order chi connectivity index (χ1) is 21.5. The van der Waals surface area contributed by atoms with Crippen molar-refractivity contribution in [2.24, 2.45) is 0 Å². The number of carbonyl (C=O) groups is 3. The van der Waals surface area contributed by atoms with Crippen LogP contribution in [0.1, 0.15) is 35.4 Å². The fourth-order valence-electron chi connectivity index (χ4n) is 6.60. The number of amides is 3. The number of benzene rings is 4. The van der Waals surface area contributed by atoms with E-state index >= 15 is 0 Å². The first kappa shape index (κ1) is 29.2. The summed E-state index contributed by atoms with van der Waals surface area (Å²) in [7, 11) is 1.78. The van der Waals surface area contributed by atoms with Gasteiger partial charge in [0.2, 0.25) is 11.8 Å². The molecule has 0 saturated carbocycles. The highest BCUT2D eigenvalue weighted by atomic mass is 16.2. The number of carbonyl (C=O) groups excluding carboxylic acids is 3. The normalized spacial score (nSPS) is 16.0. The molecule has 1 spiro atoms. The van der Waals surface area contributed by atoms with Crippen LogP contribution < -0.4 is 4.90 Å². The molecule has 0 unspecified atom stereocenters. The monoisotopic (exact) mass is 586 g/mol. The Hall–Kier alpha value is -4.91. The fourth-order valence-corrected chi connectivity index (χ4v) is 6.60. The summed E-state index contributed by atoms with van der Waals surface area (Å²) in [4.78, 5) is 49.1. The Kier molecular flexibility index (Phi) is 8.46. The largest absolute Gasteiger partial charge is 0.342 e. The molecule has 0 bridgehead atoms. The molecule has 0 aliphatic carbocycles. The van der Waals surface area contributed by atoms with Gasteiger partial charge in [0, 0.05) is 32.4 Å². The highest BCUT2D eigenvalue weighted by molar-refractivity contribution is 5.96. The van der Waals surface area contributed by atoms with Gasteiger partial charge in [-0.3, -0.25) is 14.4 Å². The lowest BCUT2D eigenvalue weighted by molar-refractivity contribution is -0.142. The molecule has 2 aliphatic heterocycles. The summed E-state index contributed by atoms with van der Waals surface area (Å²) in [6.07, 6.45) is 0.987. The lowest BCUT2D eigenvalue weighted by Crippen LogP contribution is -2.58. The Bertz CT molecular complexity index is 1530. The summed E-state index contributed by atoms with van der Waals surface area (Å²) >= 11 is 0. The maximum atomic E-state index is 14.2. The van der Waals surface area contributed by atoms with Crippen molar-refractivity contribution in [2.75, 3.05) is 38.3 Å². The van der Waals surface area contributed by atoms with Crippen molar-refractivity contribution in [1.82, 2.24) is 14.7 Å². The molecular weight excluding hydrogens is 548 g/mol. The number of likely N-dealkylation sites (tertiary alicyclic amines) is 1. The lowest BCUT2D eigenvalue weighted by Gasteiger charge is -2.44. The highest BCUT2D eigenvalue weighted by Crippen LogP contribution is 2.40. The summed E-state index contributed by atoms with van der Waals surface area (Å²) in [6.45, 7) is 1.74. The quantitative estimate of drug-likeness (QED) is 0.287. The zero-order valence-electron chi connectivity index (χ0n) is 25.1. The van der Waals surface area contributed by atoms with Crippen LogP contribution in [0, 0.1) is 0 Å². The third kappa shape index (κ3) is 5.82.